The SMILES string of the molecule is Cc1cc(Br)c(F)cc1-n1cc(CNCC2CC2)nn1. The Labute approximate surface area is 125 Å². The van der Waals surface area contributed by atoms with Crippen LogP contribution in [-0.4, -0.2) is 21.5 Å². The molecule has 0 amide bonds. The molecule has 0 aliphatic heterocycles. The first kappa shape index (κ1) is 13.7. The van der Waals surface area contributed by atoms with Gasteiger partial charge in [0.15, 0.2) is 0 Å². The third-order valence-corrected chi connectivity index (χ3v) is 4.07. The third-order valence-electron chi connectivity index (χ3n) is 3.46. The van der Waals surface area contributed by atoms with Crippen molar-refractivity contribution in [3.05, 3.63) is 39.9 Å². The van der Waals surface area contributed by atoms with E-state index in [9.17, 15) is 4.39 Å². The second kappa shape index (κ2) is 5.61. The molecule has 4 nitrogen and oxygen atoms in total. The topological polar surface area (TPSA) is 42.7 Å². The van der Waals surface area contributed by atoms with Crippen molar-refractivity contribution in [3.63, 3.8) is 0 Å². The van der Waals surface area contributed by atoms with E-state index in [-0.39, 0.29) is 5.82 Å². The number of halogens is 2. The lowest BCUT2D eigenvalue weighted by molar-refractivity contribution is 0.617. The first-order valence-corrected chi connectivity index (χ1v) is 7.51. The van der Waals surface area contributed by atoms with E-state index in [1.165, 1.54) is 18.9 Å². The van der Waals surface area contributed by atoms with Gasteiger partial charge in [-0.05, 0) is 59.8 Å². The molecule has 1 fully saturated rings. The van der Waals surface area contributed by atoms with Gasteiger partial charge >= 0.3 is 0 Å². The van der Waals surface area contributed by atoms with Crippen LogP contribution in [0.15, 0.2) is 22.8 Å². The molecule has 0 bridgehead atoms. The molecule has 1 heterocycles. The van der Waals surface area contributed by atoms with E-state index < -0.39 is 0 Å². The average Bonchev–Trinajstić information content (AvgIpc) is 3.11. The van der Waals surface area contributed by atoms with Crippen molar-refractivity contribution in [1.29, 1.82) is 0 Å². The Morgan fingerprint density at radius 3 is 3.00 bits per heavy atom. The van der Waals surface area contributed by atoms with Crippen LogP contribution < -0.4 is 5.32 Å². The normalized spacial score (nSPS) is 14.8. The first-order valence-electron chi connectivity index (χ1n) is 6.71. The molecule has 106 valence electrons. The van der Waals surface area contributed by atoms with Gasteiger partial charge in [0.25, 0.3) is 0 Å². The van der Waals surface area contributed by atoms with Crippen molar-refractivity contribution in [2.45, 2.75) is 26.3 Å². The van der Waals surface area contributed by atoms with Gasteiger partial charge in [-0.1, -0.05) is 5.21 Å². The van der Waals surface area contributed by atoms with Gasteiger partial charge in [0.2, 0.25) is 0 Å². The van der Waals surface area contributed by atoms with Crippen molar-refractivity contribution < 1.29 is 4.39 Å². The molecule has 0 radical (unpaired) electrons. The van der Waals surface area contributed by atoms with Gasteiger partial charge in [0, 0.05) is 12.6 Å². The molecule has 6 heteroatoms. The van der Waals surface area contributed by atoms with Gasteiger partial charge in [-0.2, -0.15) is 0 Å². The van der Waals surface area contributed by atoms with Gasteiger partial charge < -0.3 is 5.32 Å². The van der Waals surface area contributed by atoms with Gasteiger partial charge in [-0.3, -0.25) is 0 Å². The van der Waals surface area contributed by atoms with Crippen LogP contribution in [0.5, 0.6) is 0 Å². The number of nitrogens with one attached hydrogen (secondary N) is 1. The fraction of sp³-hybridized carbons (Fsp3) is 0.429. The van der Waals surface area contributed by atoms with Crippen LogP contribution in [0.25, 0.3) is 5.69 Å². The standard InChI is InChI=1S/C14H16BrFN4/c1-9-4-12(15)13(16)5-14(9)20-8-11(18-19-20)7-17-6-10-2-3-10/h4-5,8,10,17H,2-3,6-7H2,1H3. The molecule has 3 rings (SSSR count). The zero-order valence-corrected chi connectivity index (χ0v) is 12.8. The minimum atomic E-state index is -0.297. The number of hydrogen-bond acceptors (Lipinski definition) is 3. The summed E-state index contributed by atoms with van der Waals surface area (Å²) in [5.74, 6) is 0.544. The largest absolute Gasteiger partial charge is 0.311 e. The van der Waals surface area contributed by atoms with E-state index in [1.54, 1.807) is 10.7 Å². The maximum Gasteiger partial charge on any atom is 0.139 e. The predicted octanol–water partition coefficient (Wildman–Crippen LogP) is 2.98. The van der Waals surface area contributed by atoms with E-state index in [0.29, 0.717) is 16.7 Å². The molecule has 1 aromatic carbocycles. The lowest BCUT2D eigenvalue weighted by Crippen LogP contribution is -2.16. The number of nitrogens with zero attached hydrogens (tertiary/aromatic N) is 3. The van der Waals surface area contributed by atoms with Crippen LogP contribution in [0.1, 0.15) is 24.1 Å². The highest BCUT2D eigenvalue weighted by molar-refractivity contribution is 9.10. The summed E-state index contributed by atoms with van der Waals surface area (Å²) in [5.41, 5.74) is 2.53. The quantitative estimate of drug-likeness (QED) is 0.911. The summed E-state index contributed by atoms with van der Waals surface area (Å²) in [4.78, 5) is 0. The Hall–Kier alpha value is -1.27. The van der Waals surface area contributed by atoms with Crippen molar-refractivity contribution in [1.82, 2.24) is 20.3 Å². The molecule has 20 heavy (non-hydrogen) atoms. The van der Waals surface area contributed by atoms with Crippen LogP contribution in [0.3, 0.4) is 0 Å². The molecule has 0 saturated heterocycles. The van der Waals surface area contributed by atoms with Crippen LogP contribution in [0.2, 0.25) is 0 Å². The fourth-order valence-electron chi connectivity index (χ4n) is 2.11. The molecular formula is C14H16BrFN4. The zero-order valence-electron chi connectivity index (χ0n) is 11.2. The third kappa shape index (κ3) is 3.07. The summed E-state index contributed by atoms with van der Waals surface area (Å²) in [6.07, 6.45) is 4.50. The van der Waals surface area contributed by atoms with Crippen molar-refractivity contribution in [2.75, 3.05) is 6.54 Å². The summed E-state index contributed by atoms with van der Waals surface area (Å²) in [5, 5.41) is 11.6. The summed E-state index contributed by atoms with van der Waals surface area (Å²) in [7, 11) is 0. The molecule has 0 unspecified atom stereocenters. The maximum atomic E-state index is 13.6. The molecule has 0 atom stereocenters. The predicted molar refractivity (Wildman–Crippen MR) is 78.2 cm³/mol. The van der Waals surface area contributed by atoms with Crippen LogP contribution in [0.4, 0.5) is 4.39 Å². The van der Waals surface area contributed by atoms with Gasteiger partial charge in [0.05, 0.1) is 22.1 Å². The maximum absolute atomic E-state index is 13.6. The van der Waals surface area contributed by atoms with E-state index in [2.05, 4.69) is 31.6 Å². The minimum Gasteiger partial charge on any atom is -0.311 e. The molecular weight excluding hydrogens is 323 g/mol. The highest BCUT2D eigenvalue weighted by Gasteiger charge is 2.20. The monoisotopic (exact) mass is 338 g/mol. The Balaban J connectivity index is 1.73. The van der Waals surface area contributed by atoms with Crippen molar-refractivity contribution >= 4 is 15.9 Å². The van der Waals surface area contributed by atoms with Crippen LogP contribution >= 0.6 is 15.9 Å². The second-order valence-electron chi connectivity index (χ2n) is 5.28. The Bertz CT molecular complexity index is 622. The molecule has 1 saturated carbocycles. The lowest BCUT2D eigenvalue weighted by Gasteiger charge is -2.06. The summed E-state index contributed by atoms with van der Waals surface area (Å²) < 4.78 is 15.7. The first-order chi connectivity index (χ1) is 9.63. The highest BCUT2D eigenvalue weighted by atomic mass is 79.9. The molecule has 1 aromatic heterocycles. The van der Waals surface area contributed by atoms with Gasteiger partial charge in [0.1, 0.15) is 5.82 Å². The van der Waals surface area contributed by atoms with E-state index in [0.717, 1.165) is 23.7 Å². The van der Waals surface area contributed by atoms with E-state index in [4.69, 9.17) is 0 Å². The fourth-order valence-corrected chi connectivity index (χ4v) is 2.56. The molecule has 1 aliphatic rings. The Kier molecular flexibility index (Phi) is 3.85. The number of hydrogen-bond donors (Lipinski definition) is 1. The zero-order chi connectivity index (χ0) is 14.1. The molecule has 0 spiro atoms. The van der Waals surface area contributed by atoms with Crippen molar-refractivity contribution in [3.8, 4) is 5.69 Å². The Morgan fingerprint density at radius 2 is 2.25 bits per heavy atom. The highest BCUT2D eigenvalue weighted by Crippen LogP contribution is 2.27. The Morgan fingerprint density at radius 1 is 1.45 bits per heavy atom. The summed E-state index contributed by atoms with van der Waals surface area (Å²) >= 11 is 3.18. The number of aromatic nitrogens is 3. The minimum absolute atomic E-state index is 0.297. The van der Waals surface area contributed by atoms with Crippen LogP contribution in [-0.2, 0) is 6.54 Å². The molecule has 1 N–H and O–H groups in total. The van der Waals surface area contributed by atoms with Gasteiger partial charge in [-0.15, -0.1) is 5.10 Å². The van der Waals surface area contributed by atoms with E-state index in [1.807, 2.05) is 13.1 Å². The smallest absolute Gasteiger partial charge is 0.139 e. The molecule has 2 aromatic rings. The number of aryl methyl sites for hydroxylation is 1. The van der Waals surface area contributed by atoms with E-state index >= 15 is 0 Å². The lowest BCUT2D eigenvalue weighted by atomic mass is 10.2. The summed E-state index contributed by atoms with van der Waals surface area (Å²) in [6, 6.07) is 3.22. The van der Waals surface area contributed by atoms with Gasteiger partial charge in [-0.25, -0.2) is 9.07 Å². The second-order valence-corrected chi connectivity index (χ2v) is 6.14. The van der Waals surface area contributed by atoms with Crippen LogP contribution in [0, 0.1) is 18.7 Å². The number of benzene rings is 1. The van der Waals surface area contributed by atoms with Crippen molar-refractivity contribution in [2.24, 2.45) is 5.92 Å². The number of rotatable bonds is 5. The molecule has 1 aliphatic carbocycles. The summed E-state index contributed by atoms with van der Waals surface area (Å²) in [6.45, 7) is 3.67. The average molecular weight is 339 g/mol.